The molecule has 2 heterocycles. The van der Waals surface area contributed by atoms with Crippen LogP contribution in [0.15, 0.2) is 59.8 Å². The normalized spacial score (nSPS) is 15.9. The molecule has 0 bridgehead atoms. The summed E-state index contributed by atoms with van der Waals surface area (Å²) >= 11 is 0. The van der Waals surface area contributed by atoms with Gasteiger partial charge >= 0.3 is 6.18 Å². The molecule has 1 aromatic heterocycles. The van der Waals surface area contributed by atoms with Crippen LogP contribution in [0.1, 0.15) is 44.9 Å². The third-order valence-electron chi connectivity index (χ3n) is 5.36. The molecule has 1 fully saturated rings. The van der Waals surface area contributed by atoms with E-state index >= 15 is 0 Å². The van der Waals surface area contributed by atoms with Crippen molar-refractivity contribution in [1.82, 2.24) is 19.6 Å². The fraction of sp³-hybridized carbons (Fsp3) is 0.346. The Morgan fingerprint density at radius 3 is 2.29 bits per heavy atom. The number of carbonyl (C=O) groups is 1. The summed E-state index contributed by atoms with van der Waals surface area (Å²) in [6.07, 6.45) is -0.523. The monoisotopic (exact) mass is 556 g/mol. The Morgan fingerprint density at radius 1 is 1.08 bits per heavy atom. The largest absolute Gasteiger partial charge is 0.434 e. The first kappa shape index (κ1) is 31.0. The van der Waals surface area contributed by atoms with Crippen molar-refractivity contribution in [1.29, 1.82) is 0 Å². The minimum Gasteiger partial charge on any atom is -0.355 e. The van der Waals surface area contributed by atoms with Crippen molar-refractivity contribution in [3.63, 3.8) is 0 Å². The Morgan fingerprint density at radius 2 is 1.76 bits per heavy atom. The van der Waals surface area contributed by atoms with Crippen molar-refractivity contribution in [2.45, 2.75) is 57.3 Å². The molecule has 1 N–H and O–H groups in total. The molecule has 2 unspecified atom stereocenters. The molecule has 0 saturated carbocycles. The van der Waals surface area contributed by atoms with Gasteiger partial charge in [-0.1, -0.05) is 19.9 Å². The highest BCUT2D eigenvalue weighted by molar-refractivity contribution is 7.82. The predicted octanol–water partition coefficient (Wildman–Crippen LogP) is 5.91. The van der Waals surface area contributed by atoms with Gasteiger partial charge < -0.3 is 5.32 Å². The van der Waals surface area contributed by atoms with Crippen molar-refractivity contribution >= 4 is 17.4 Å². The van der Waals surface area contributed by atoms with Gasteiger partial charge in [-0.2, -0.15) is 13.2 Å². The molecule has 206 valence electrons. The fourth-order valence-electron chi connectivity index (χ4n) is 3.49. The number of carbonyl (C=O) groups excluding carboxylic acids is 1. The van der Waals surface area contributed by atoms with E-state index in [1.54, 1.807) is 12.1 Å². The summed E-state index contributed by atoms with van der Waals surface area (Å²) in [5, 5.41) is 2.40. The van der Waals surface area contributed by atoms with Crippen molar-refractivity contribution in [3.05, 3.63) is 77.8 Å². The van der Waals surface area contributed by atoms with Crippen LogP contribution in [0.4, 0.5) is 22.0 Å². The Balaban J connectivity index is 0.000000262. The number of alkyl halides is 3. The topological polar surface area (TPSA) is 75.2 Å². The summed E-state index contributed by atoms with van der Waals surface area (Å²) in [6.45, 7) is 7.12. The Labute approximate surface area is 220 Å². The number of aromatic nitrogens is 2. The van der Waals surface area contributed by atoms with E-state index in [1.165, 1.54) is 24.3 Å². The molecule has 1 aliphatic heterocycles. The lowest BCUT2D eigenvalue weighted by Gasteiger charge is -2.19. The van der Waals surface area contributed by atoms with Crippen LogP contribution in [0, 0.1) is 11.6 Å². The lowest BCUT2D eigenvalue weighted by atomic mass is 10.1. The van der Waals surface area contributed by atoms with Gasteiger partial charge in [0.25, 0.3) is 0 Å². The second-order valence-corrected chi connectivity index (χ2v) is 9.37. The van der Waals surface area contributed by atoms with Gasteiger partial charge in [-0.15, -0.1) is 0 Å². The molecule has 12 heteroatoms. The van der Waals surface area contributed by atoms with E-state index in [9.17, 15) is 31.0 Å². The molecule has 1 amide bonds. The maximum atomic E-state index is 13.7. The van der Waals surface area contributed by atoms with E-state index in [-0.39, 0.29) is 23.6 Å². The summed E-state index contributed by atoms with van der Waals surface area (Å²) < 4.78 is 77.6. The highest BCUT2D eigenvalue weighted by Crippen LogP contribution is 2.28. The average molecular weight is 557 g/mol. The van der Waals surface area contributed by atoms with Crippen LogP contribution in [-0.4, -0.2) is 37.5 Å². The summed E-state index contributed by atoms with van der Waals surface area (Å²) in [7, 11) is -1.13. The minimum atomic E-state index is -4.60. The third kappa shape index (κ3) is 8.66. The summed E-state index contributed by atoms with van der Waals surface area (Å²) in [6, 6.07) is 10.2. The maximum absolute atomic E-state index is 13.7. The number of amides is 1. The van der Waals surface area contributed by atoms with E-state index in [4.69, 9.17) is 0 Å². The van der Waals surface area contributed by atoms with Crippen LogP contribution >= 0.6 is 0 Å². The van der Waals surface area contributed by atoms with Gasteiger partial charge in [0.1, 0.15) is 22.6 Å². The van der Waals surface area contributed by atoms with Crippen LogP contribution < -0.4 is 5.32 Å². The number of nitrogens with zero attached hydrogens (tertiary/aromatic N) is 3. The fourth-order valence-corrected chi connectivity index (χ4v) is 4.86. The molecule has 1 saturated heterocycles. The summed E-state index contributed by atoms with van der Waals surface area (Å²) in [5.41, 5.74) is -0.569. The first-order valence-corrected chi connectivity index (χ1v) is 13.0. The zero-order valence-corrected chi connectivity index (χ0v) is 22.0. The van der Waals surface area contributed by atoms with E-state index in [1.807, 2.05) is 18.2 Å². The van der Waals surface area contributed by atoms with Gasteiger partial charge in [-0.25, -0.2) is 22.3 Å². The zero-order valence-electron chi connectivity index (χ0n) is 21.1. The molecule has 38 heavy (non-hydrogen) atoms. The number of benzene rings is 2. The van der Waals surface area contributed by atoms with Crippen molar-refractivity contribution in [2.24, 2.45) is 0 Å². The van der Waals surface area contributed by atoms with Gasteiger partial charge in [0.2, 0.25) is 6.41 Å². The standard InChI is InChI=1S/C13H9F4N3O.C11H14FNOS.C2H6/c14-10-2-1-8(4-18-7-21)3-9(10)11-5-20-12(6-19-11)13(15,16)17;1-9-3-2-8-13(9)15(14)11-6-4-10(12)5-7-11;1-2/h1-3,5-7H,4H2,(H,18,21);4-7,9H,2-3,8H2,1H3;1-2H3. The van der Waals surface area contributed by atoms with Crippen LogP contribution in [0.25, 0.3) is 11.3 Å². The lowest BCUT2D eigenvalue weighted by molar-refractivity contribution is -0.141. The first-order chi connectivity index (χ1) is 18.1. The molecular formula is C26H29F5N4O2S. The zero-order chi connectivity index (χ0) is 28.3. The highest BCUT2D eigenvalue weighted by atomic mass is 32.2. The Bertz CT molecular complexity index is 1190. The van der Waals surface area contributed by atoms with Gasteiger partial charge in [-0.3, -0.25) is 9.78 Å². The van der Waals surface area contributed by atoms with Crippen LogP contribution in [0.3, 0.4) is 0 Å². The maximum Gasteiger partial charge on any atom is 0.434 e. The van der Waals surface area contributed by atoms with Crippen LogP contribution in [0.2, 0.25) is 0 Å². The number of rotatable bonds is 6. The first-order valence-electron chi connectivity index (χ1n) is 11.9. The van der Waals surface area contributed by atoms with Crippen molar-refractivity contribution in [3.8, 4) is 11.3 Å². The number of halogens is 5. The van der Waals surface area contributed by atoms with E-state index < -0.39 is 28.7 Å². The summed E-state index contributed by atoms with van der Waals surface area (Å²) in [4.78, 5) is 17.7. The minimum absolute atomic E-state index is 0.0152. The number of nitrogens with one attached hydrogen (secondary N) is 1. The molecule has 2 aromatic carbocycles. The molecule has 0 radical (unpaired) electrons. The Hall–Kier alpha value is -3.25. The van der Waals surface area contributed by atoms with Crippen LogP contribution in [-0.2, 0) is 28.5 Å². The molecule has 1 aliphatic rings. The second kappa shape index (κ2) is 14.6. The lowest BCUT2D eigenvalue weighted by Crippen LogP contribution is -2.28. The number of hydrogen-bond acceptors (Lipinski definition) is 4. The van der Waals surface area contributed by atoms with Crippen molar-refractivity contribution < 1.29 is 31.0 Å². The second-order valence-electron chi connectivity index (χ2n) is 7.93. The predicted molar refractivity (Wildman–Crippen MR) is 135 cm³/mol. The third-order valence-corrected chi connectivity index (χ3v) is 7.00. The molecule has 0 spiro atoms. The van der Waals surface area contributed by atoms with Gasteiger partial charge in [0.15, 0.2) is 5.69 Å². The van der Waals surface area contributed by atoms with Gasteiger partial charge in [-0.05, 0) is 61.7 Å². The smallest absolute Gasteiger partial charge is 0.355 e. The molecule has 3 aromatic rings. The summed E-state index contributed by atoms with van der Waals surface area (Å²) in [5.74, 6) is -0.927. The quantitative estimate of drug-likeness (QED) is 0.303. The van der Waals surface area contributed by atoms with E-state index in [2.05, 4.69) is 22.2 Å². The molecule has 0 aliphatic carbocycles. The SMILES string of the molecule is CC.CC1CCCN1S(=O)c1ccc(F)cc1.O=CNCc1ccc(F)c(-c2cnc(C(F)(F)F)cn2)c1. The molecule has 4 rings (SSSR count). The van der Waals surface area contributed by atoms with Gasteiger partial charge in [0, 0.05) is 24.7 Å². The number of hydrogen-bond donors (Lipinski definition) is 1. The van der Waals surface area contributed by atoms with Gasteiger partial charge in [0.05, 0.1) is 23.0 Å². The molecule has 2 atom stereocenters. The Kier molecular flexibility index (Phi) is 11.9. The van der Waals surface area contributed by atoms with Crippen molar-refractivity contribution in [2.75, 3.05) is 6.54 Å². The average Bonchev–Trinajstić information content (AvgIpc) is 3.35. The van der Waals surface area contributed by atoms with E-state index in [0.29, 0.717) is 29.1 Å². The van der Waals surface area contributed by atoms with Crippen LogP contribution in [0.5, 0.6) is 0 Å². The molecular weight excluding hydrogens is 527 g/mol. The highest BCUT2D eigenvalue weighted by Gasteiger charge is 2.33. The van der Waals surface area contributed by atoms with E-state index in [0.717, 1.165) is 31.6 Å². The molecule has 6 nitrogen and oxygen atoms in total.